The van der Waals surface area contributed by atoms with E-state index in [1.165, 1.54) is 25.3 Å². The first kappa shape index (κ1) is 32.6. The molecular formula is C33H39FN4O5Si. The molecule has 2 heterocycles. The SMILES string of the molecule is C=Cc1cc(Oc2nc(-c3ccc(-c4ccc(OCC(C)(C)C(=O)OC)nc4)cc3)nn2COCC[Si](C)(C)C)ccc1F. The maximum absolute atomic E-state index is 14.0. The molecule has 0 aliphatic heterocycles. The molecule has 0 N–H and O–H groups in total. The van der Waals surface area contributed by atoms with Gasteiger partial charge >= 0.3 is 12.0 Å². The normalized spacial score (nSPS) is 11.7. The van der Waals surface area contributed by atoms with Gasteiger partial charge in [0.1, 0.15) is 24.9 Å². The predicted octanol–water partition coefficient (Wildman–Crippen LogP) is 7.47. The highest BCUT2D eigenvalue weighted by Crippen LogP contribution is 2.28. The molecule has 4 aromatic rings. The zero-order valence-corrected chi connectivity index (χ0v) is 27.1. The van der Waals surface area contributed by atoms with Crippen LogP contribution >= 0.6 is 0 Å². The lowest BCUT2D eigenvalue weighted by atomic mass is 9.95. The first-order chi connectivity index (χ1) is 20.9. The summed E-state index contributed by atoms with van der Waals surface area (Å²) in [5.41, 5.74) is 2.16. The topological polar surface area (TPSA) is 97.6 Å². The molecule has 9 nitrogen and oxygen atoms in total. The van der Waals surface area contributed by atoms with Crippen LogP contribution in [0.4, 0.5) is 4.39 Å². The smallest absolute Gasteiger partial charge is 0.323 e. The Kier molecular flexibility index (Phi) is 10.3. The van der Waals surface area contributed by atoms with Gasteiger partial charge in [-0.2, -0.15) is 9.67 Å². The number of ether oxygens (including phenoxy) is 4. The van der Waals surface area contributed by atoms with Crippen LogP contribution in [0.1, 0.15) is 19.4 Å². The van der Waals surface area contributed by atoms with Crippen LogP contribution in [0, 0.1) is 11.2 Å². The van der Waals surface area contributed by atoms with Crippen molar-refractivity contribution in [2.45, 2.75) is 46.3 Å². The number of carbonyl (C=O) groups is 1. The summed E-state index contributed by atoms with van der Waals surface area (Å²) in [7, 11) is 0.0931. The molecule has 44 heavy (non-hydrogen) atoms. The summed E-state index contributed by atoms with van der Waals surface area (Å²) in [5.74, 6) is 0.551. The van der Waals surface area contributed by atoms with Crippen molar-refractivity contribution in [1.29, 1.82) is 0 Å². The second-order valence-electron chi connectivity index (χ2n) is 12.2. The maximum Gasteiger partial charge on any atom is 0.323 e. The first-order valence-corrected chi connectivity index (χ1v) is 18.0. The number of methoxy groups -OCH3 is 1. The third kappa shape index (κ3) is 8.61. The van der Waals surface area contributed by atoms with Crippen molar-refractivity contribution >= 4 is 20.1 Å². The van der Waals surface area contributed by atoms with Gasteiger partial charge in [0.2, 0.25) is 5.88 Å². The van der Waals surface area contributed by atoms with Gasteiger partial charge in [-0.05, 0) is 49.7 Å². The molecule has 0 unspecified atom stereocenters. The summed E-state index contributed by atoms with van der Waals surface area (Å²) in [5, 5.41) is 4.65. The van der Waals surface area contributed by atoms with Gasteiger partial charge in [0.05, 0.1) is 12.5 Å². The van der Waals surface area contributed by atoms with Crippen molar-refractivity contribution in [2.75, 3.05) is 20.3 Å². The van der Waals surface area contributed by atoms with Crippen molar-refractivity contribution < 1.29 is 28.1 Å². The average molecular weight is 619 g/mol. The monoisotopic (exact) mass is 618 g/mol. The Morgan fingerprint density at radius 1 is 1.05 bits per heavy atom. The third-order valence-electron chi connectivity index (χ3n) is 6.78. The van der Waals surface area contributed by atoms with E-state index in [0.717, 1.165) is 22.7 Å². The van der Waals surface area contributed by atoms with E-state index < -0.39 is 13.5 Å². The number of nitrogens with zero attached hydrogens (tertiary/aromatic N) is 4. The van der Waals surface area contributed by atoms with E-state index in [1.54, 1.807) is 36.9 Å². The molecule has 0 spiro atoms. The van der Waals surface area contributed by atoms with Gasteiger partial charge in [-0.15, -0.1) is 5.10 Å². The van der Waals surface area contributed by atoms with Crippen LogP contribution in [-0.4, -0.2) is 54.1 Å². The zero-order chi connectivity index (χ0) is 31.9. The second kappa shape index (κ2) is 14.0. The number of pyridine rings is 1. The predicted molar refractivity (Wildman–Crippen MR) is 171 cm³/mol. The fourth-order valence-electron chi connectivity index (χ4n) is 4.02. The molecule has 0 saturated carbocycles. The summed E-state index contributed by atoms with van der Waals surface area (Å²) in [6.45, 7) is 15.0. The molecule has 2 aromatic carbocycles. The number of benzene rings is 2. The van der Waals surface area contributed by atoms with Gasteiger partial charge in [0.25, 0.3) is 0 Å². The molecule has 0 saturated heterocycles. The summed E-state index contributed by atoms with van der Waals surface area (Å²) in [6.07, 6.45) is 3.15. The van der Waals surface area contributed by atoms with E-state index in [4.69, 9.17) is 18.9 Å². The fourth-order valence-corrected chi connectivity index (χ4v) is 4.78. The third-order valence-corrected chi connectivity index (χ3v) is 8.48. The Balaban J connectivity index is 1.50. The number of rotatable bonds is 14. The van der Waals surface area contributed by atoms with E-state index in [9.17, 15) is 9.18 Å². The number of carbonyl (C=O) groups excluding carboxylic acids is 1. The van der Waals surface area contributed by atoms with Crippen LogP contribution in [-0.2, 0) is 21.0 Å². The van der Waals surface area contributed by atoms with Crippen molar-refractivity contribution in [3.8, 4) is 40.2 Å². The molecule has 4 rings (SSSR count). The van der Waals surface area contributed by atoms with Gasteiger partial charge < -0.3 is 18.9 Å². The van der Waals surface area contributed by atoms with Crippen molar-refractivity contribution in [2.24, 2.45) is 5.41 Å². The molecule has 0 radical (unpaired) electrons. The number of aromatic nitrogens is 4. The molecule has 0 aliphatic carbocycles. The van der Waals surface area contributed by atoms with Crippen molar-refractivity contribution in [1.82, 2.24) is 19.7 Å². The fraction of sp³-hybridized carbons (Fsp3) is 0.333. The Bertz CT molecular complexity index is 1580. The van der Waals surface area contributed by atoms with Crippen molar-refractivity contribution in [3.63, 3.8) is 0 Å². The minimum atomic E-state index is -1.26. The highest BCUT2D eigenvalue weighted by Gasteiger charge is 2.30. The number of hydrogen-bond acceptors (Lipinski definition) is 8. The lowest BCUT2D eigenvalue weighted by Gasteiger charge is -2.21. The summed E-state index contributed by atoms with van der Waals surface area (Å²) in [6, 6.07) is 17.1. The van der Waals surface area contributed by atoms with Gasteiger partial charge in [0, 0.05) is 43.6 Å². The summed E-state index contributed by atoms with van der Waals surface area (Å²) in [4.78, 5) is 20.9. The van der Waals surface area contributed by atoms with Crippen LogP contribution in [0.15, 0.2) is 67.4 Å². The maximum atomic E-state index is 14.0. The highest BCUT2D eigenvalue weighted by molar-refractivity contribution is 6.76. The Labute approximate surface area is 258 Å². The minimum Gasteiger partial charge on any atom is -0.476 e. The van der Waals surface area contributed by atoms with Crippen LogP contribution < -0.4 is 9.47 Å². The Morgan fingerprint density at radius 2 is 1.75 bits per heavy atom. The second-order valence-corrected chi connectivity index (χ2v) is 17.8. The minimum absolute atomic E-state index is 0.145. The zero-order valence-electron chi connectivity index (χ0n) is 26.1. The summed E-state index contributed by atoms with van der Waals surface area (Å²) >= 11 is 0. The van der Waals surface area contributed by atoms with E-state index >= 15 is 0 Å². The largest absolute Gasteiger partial charge is 0.476 e. The van der Waals surface area contributed by atoms with Crippen LogP contribution in [0.25, 0.3) is 28.6 Å². The lowest BCUT2D eigenvalue weighted by molar-refractivity contribution is -0.152. The van der Waals surface area contributed by atoms with E-state index in [2.05, 4.69) is 41.3 Å². The molecular weight excluding hydrogens is 579 g/mol. The van der Waals surface area contributed by atoms with Gasteiger partial charge in [0.15, 0.2) is 5.82 Å². The van der Waals surface area contributed by atoms with Gasteiger partial charge in [-0.1, -0.05) is 56.6 Å². The molecule has 2 aromatic heterocycles. The van der Waals surface area contributed by atoms with Crippen LogP contribution in [0.3, 0.4) is 0 Å². The van der Waals surface area contributed by atoms with Gasteiger partial charge in [-0.3, -0.25) is 4.79 Å². The molecule has 0 aliphatic rings. The van der Waals surface area contributed by atoms with E-state index in [0.29, 0.717) is 29.6 Å². The number of hydrogen-bond donors (Lipinski definition) is 0. The molecule has 0 bridgehead atoms. The van der Waals surface area contributed by atoms with E-state index in [-0.39, 0.29) is 31.1 Å². The Morgan fingerprint density at radius 3 is 2.39 bits per heavy atom. The molecule has 11 heteroatoms. The average Bonchev–Trinajstić information content (AvgIpc) is 3.40. The molecule has 0 atom stereocenters. The molecule has 0 amide bonds. The lowest BCUT2D eigenvalue weighted by Crippen LogP contribution is -2.32. The standard InChI is InChI=1S/C33H39FN4O5Si/c1-8-23-19-27(14-15-28(23)34)43-32-36-30(37-38(32)22-41-17-18-44(5,6)7)25-11-9-24(10-12-25)26-13-16-29(35-20-26)42-21-33(2,3)31(39)40-4/h8-16,19-20H,1,17-18,21-22H2,2-7H3. The molecule has 0 fully saturated rings. The Hall–Kier alpha value is -4.35. The van der Waals surface area contributed by atoms with Crippen molar-refractivity contribution in [3.05, 3.63) is 78.8 Å². The first-order valence-electron chi connectivity index (χ1n) is 14.3. The van der Waals surface area contributed by atoms with E-state index in [1.807, 2.05) is 30.3 Å². The van der Waals surface area contributed by atoms with Crippen LogP contribution in [0.2, 0.25) is 25.7 Å². The van der Waals surface area contributed by atoms with Gasteiger partial charge in [-0.25, -0.2) is 9.37 Å². The van der Waals surface area contributed by atoms with Crippen LogP contribution in [0.5, 0.6) is 17.6 Å². The summed E-state index contributed by atoms with van der Waals surface area (Å²) < 4.78 is 38.1. The quantitative estimate of drug-likeness (QED) is 0.0816. The number of esters is 1. The number of halogens is 1. The highest BCUT2D eigenvalue weighted by atomic mass is 28.3. The molecule has 232 valence electrons.